The van der Waals surface area contributed by atoms with E-state index in [4.69, 9.17) is 0 Å². The molecule has 3 saturated heterocycles. The van der Waals surface area contributed by atoms with E-state index < -0.39 is 0 Å². The van der Waals surface area contributed by atoms with Crippen LogP contribution in [-0.4, -0.2) is 60.6 Å². The summed E-state index contributed by atoms with van der Waals surface area (Å²) in [5, 5.41) is 3.65. The number of hydrogen-bond acceptors (Lipinski definition) is 3. The maximum absolute atomic E-state index is 3.65. The van der Waals surface area contributed by atoms with Gasteiger partial charge in [0.15, 0.2) is 0 Å². The van der Waals surface area contributed by atoms with Crippen molar-refractivity contribution in [3.63, 3.8) is 0 Å². The number of hydrogen-bond donors (Lipinski definition) is 1. The van der Waals surface area contributed by atoms with E-state index in [-0.39, 0.29) is 0 Å². The van der Waals surface area contributed by atoms with Gasteiger partial charge in [-0.3, -0.25) is 4.90 Å². The van der Waals surface area contributed by atoms with Gasteiger partial charge in [-0.2, -0.15) is 0 Å². The molecule has 3 unspecified atom stereocenters. The van der Waals surface area contributed by atoms with Gasteiger partial charge >= 0.3 is 0 Å². The third-order valence-electron chi connectivity index (χ3n) is 5.33. The van der Waals surface area contributed by atoms with Gasteiger partial charge in [-0.05, 0) is 64.7 Å². The van der Waals surface area contributed by atoms with Crippen LogP contribution in [0.2, 0.25) is 0 Å². The number of likely N-dealkylation sites (N-methyl/N-ethyl adjacent to an activating group) is 1. The van der Waals surface area contributed by atoms with Crippen LogP contribution in [0.1, 0.15) is 45.4 Å². The van der Waals surface area contributed by atoms with Crippen LogP contribution >= 0.6 is 0 Å². The summed E-state index contributed by atoms with van der Waals surface area (Å²) >= 11 is 0. The normalized spacial score (nSPS) is 37.3. The molecule has 3 nitrogen and oxygen atoms in total. The van der Waals surface area contributed by atoms with Crippen molar-refractivity contribution in [3.8, 4) is 0 Å². The first-order valence-electron chi connectivity index (χ1n) is 8.08. The number of nitrogens with zero attached hydrogens (tertiary/aromatic N) is 2. The predicted octanol–water partition coefficient (Wildman–Crippen LogP) is 1.69. The highest BCUT2D eigenvalue weighted by Gasteiger charge is 2.34. The molecule has 3 aliphatic rings. The molecule has 18 heavy (non-hydrogen) atoms. The molecule has 3 aliphatic heterocycles. The second-order valence-corrected chi connectivity index (χ2v) is 6.39. The van der Waals surface area contributed by atoms with E-state index in [1.54, 1.807) is 0 Å². The lowest BCUT2D eigenvalue weighted by atomic mass is 9.95. The van der Waals surface area contributed by atoms with Crippen molar-refractivity contribution in [1.29, 1.82) is 0 Å². The predicted molar refractivity (Wildman–Crippen MR) is 75.9 cm³/mol. The van der Waals surface area contributed by atoms with Crippen LogP contribution in [0.5, 0.6) is 0 Å². The lowest BCUT2D eigenvalue weighted by molar-refractivity contribution is 0.0854. The zero-order valence-electron chi connectivity index (χ0n) is 11.9. The van der Waals surface area contributed by atoms with Crippen molar-refractivity contribution in [2.45, 2.75) is 63.6 Å². The summed E-state index contributed by atoms with van der Waals surface area (Å²) in [4.78, 5) is 5.50. The molecule has 0 aliphatic carbocycles. The molecule has 0 aromatic heterocycles. The molecule has 3 heterocycles. The summed E-state index contributed by atoms with van der Waals surface area (Å²) in [6.07, 6.45) is 8.49. The van der Waals surface area contributed by atoms with Crippen LogP contribution < -0.4 is 5.32 Å². The highest BCUT2D eigenvalue weighted by atomic mass is 15.2. The molecular weight excluding hydrogens is 222 g/mol. The van der Waals surface area contributed by atoms with Crippen molar-refractivity contribution in [3.05, 3.63) is 0 Å². The van der Waals surface area contributed by atoms with Crippen LogP contribution in [0.15, 0.2) is 0 Å². The van der Waals surface area contributed by atoms with E-state index in [9.17, 15) is 0 Å². The van der Waals surface area contributed by atoms with Crippen LogP contribution in [-0.2, 0) is 0 Å². The average molecular weight is 251 g/mol. The summed E-state index contributed by atoms with van der Waals surface area (Å²) in [6.45, 7) is 8.82. The minimum Gasteiger partial charge on any atom is -0.313 e. The fraction of sp³-hybridized carbons (Fsp3) is 1.00. The standard InChI is InChI=1S/C15H29N3/c1-2-17(12-13-5-3-8-16-13)15-7-10-18-9-4-6-14(18)11-15/h13-16H,2-12H2,1H3. The minimum atomic E-state index is 0.770. The Hall–Kier alpha value is -0.120. The third kappa shape index (κ3) is 2.73. The Balaban J connectivity index is 1.54. The average Bonchev–Trinajstić information content (AvgIpc) is 3.06. The molecule has 3 atom stereocenters. The summed E-state index contributed by atoms with van der Waals surface area (Å²) in [5.74, 6) is 0. The first-order valence-corrected chi connectivity index (χ1v) is 8.08. The lowest BCUT2D eigenvalue weighted by Gasteiger charge is -2.41. The zero-order chi connectivity index (χ0) is 12.4. The van der Waals surface area contributed by atoms with E-state index in [2.05, 4.69) is 22.0 Å². The van der Waals surface area contributed by atoms with Crippen molar-refractivity contribution in [1.82, 2.24) is 15.1 Å². The van der Waals surface area contributed by atoms with E-state index in [0.717, 1.165) is 18.1 Å². The van der Waals surface area contributed by atoms with E-state index >= 15 is 0 Å². The third-order valence-corrected chi connectivity index (χ3v) is 5.33. The quantitative estimate of drug-likeness (QED) is 0.820. The van der Waals surface area contributed by atoms with Crippen LogP contribution in [0.3, 0.4) is 0 Å². The van der Waals surface area contributed by atoms with Gasteiger partial charge in [0.2, 0.25) is 0 Å². The first kappa shape index (κ1) is 12.9. The van der Waals surface area contributed by atoms with E-state index in [1.165, 1.54) is 71.2 Å². The smallest absolute Gasteiger partial charge is 0.0195 e. The highest BCUT2D eigenvalue weighted by Crippen LogP contribution is 2.29. The zero-order valence-corrected chi connectivity index (χ0v) is 11.9. The molecule has 3 heteroatoms. The topological polar surface area (TPSA) is 18.5 Å². The molecule has 0 aromatic carbocycles. The van der Waals surface area contributed by atoms with E-state index in [1.807, 2.05) is 0 Å². The van der Waals surface area contributed by atoms with Gasteiger partial charge in [-0.1, -0.05) is 6.92 Å². The Morgan fingerprint density at radius 3 is 2.89 bits per heavy atom. The molecule has 0 spiro atoms. The summed E-state index contributed by atoms with van der Waals surface area (Å²) in [6, 6.07) is 2.54. The fourth-order valence-electron chi connectivity index (χ4n) is 4.27. The van der Waals surface area contributed by atoms with Crippen molar-refractivity contribution < 1.29 is 0 Å². The van der Waals surface area contributed by atoms with Crippen LogP contribution in [0, 0.1) is 0 Å². The monoisotopic (exact) mass is 251 g/mol. The molecule has 3 fully saturated rings. The van der Waals surface area contributed by atoms with E-state index in [0.29, 0.717) is 0 Å². The maximum Gasteiger partial charge on any atom is 0.0195 e. The van der Waals surface area contributed by atoms with Crippen molar-refractivity contribution in [2.75, 3.05) is 32.7 Å². The maximum atomic E-state index is 3.65. The number of fused-ring (bicyclic) bond motifs is 1. The fourth-order valence-corrected chi connectivity index (χ4v) is 4.27. The van der Waals surface area contributed by atoms with Crippen molar-refractivity contribution in [2.24, 2.45) is 0 Å². The van der Waals surface area contributed by atoms with Gasteiger partial charge in [0, 0.05) is 24.7 Å². The van der Waals surface area contributed by atoms with Crippen LogP contribution in [0.25, 0.3) is 0 Å². The molecule has 104 valence electrons. The van der Waals surface area contributed by atoms with Gasteiger partial charge in [-0.25, -0.2) is 0 Å². The Morgan fingerprint density at radius 1 is 1.17 bits per heavy atom. The molecular formula is C15H29N3. The molecule has 0 saturated carbocycles. The van der Waals surface area contributed by atoms with Gasteiger partial charge in [0.1, 0.15) is 0 Å². The molecule has 0 amide bonds. The summed E-state index contributed by atoms with van der Waals surface area (Å²) < 4.78 is 0. The number of rotatable bonds is 4. The summed E-state index contributed by atoms with van der Waals surface area (Å²) in [7, 11) is 0. The van der Waals surface area contributed by atoms with Gasteiger partial charge in [0.05, 0.1) is 0 Å². The SMILES string of the molecule is CCN(CC1CCCN1)C1CCN2CCCC2C1. The molecule has 0 bridgehead atoms. The van der Waals surface area contributed by atoms with Gasteiger partial charge < -0.3 is 10.2 Å². The Labute approximate surface area is 112 Å². The van der Waals surface area contributed by atoms with Crippen LogP contribution in [0.4, 0.5) is 0 Å². The number of nitrogens with one attached hydrogen (secondary N) is 1. The highest BCUT2D eigenvalue weighted by molar-refractivity contribution is 4.91. The lowest BCUT2D eigenvalue weighted by Crippen LogP contribution is -2.50. The largest absolute Gasteiger partial charge is 0.313 e. The molecule has 0 radical (unpaired) electrons. The molecule has 1 N–H and O–H groups in total. The second kappa shape index (κ2) is 5.89. The minimum absolute atomic E-state index is 0.770. The van der Waals surface area contributed by atoms with Crippen molar-refractivity contribution >= 4 is 0 Å². The Morgan fingerprint density at radius 2 is 2.11 bits per heavy atom. The van der Waals surface area contributed by atoms with Gasteiger partial charge in [0.25, 0.3) is 0 Å². The second-order valence-electron chi connectivity index (χ2n) is 6.39. The first-order chi connectivity index (χ1) is 8.86. The molecule has 3 rings (SSSR count). The Kier molecular flexibility index (Phi) is 4.22. The number of piperidine rings is 1. The Bertz CT molecular complexity index is 260. The molecule has 0 aromatic rings. The summed E-state index contributed by atoms with van der Waals surface area (Å²) in [5.41, 5.74) is 0. The van der Waals surface area contributed by atoms with Gasteiger partial charge in [-0.15, -0.1) is 0 Å².